The maximum absolute atomic E-state index is 5.15. The van der Waals surface area contributed by atoms with Crippen molar-refractivity contribution in [2.45, 2.75) is 18.1 Å². The van der Waals surface area contributed by atoms with E-state index in [0.717, 1.165) is 6.61 Å². The van der Waals surface area contributed by atoms with E-state index in [1.807, 2.05) is 0 Å². The van der Waals surface area contributed by atoms with Crippen molar-refractivity contribution in [2.75, 3.05) is 6.61 Å². The number of rotatable bonds is 0. The molecule has 1 radical (unpaired) electrons. The molecule has 41 valence electrons. The second kappa shape index (κ2) is 4.61. The fourth-order valence-corrected chi connectivity index (χ4v) is 1.54. The van der Waals surface area contributed by atoms with Crippen molar-refractivity contribution in [3.05, 3.63) is 0 Å². The van der Waals surface area contributed by atoms with Crippen molar-refractivity contribution in [3.63, 3.8) is 0 Å². The van der Waals surface area contributed by atoms with Crippen LogP contribution >= 0.6 is 0 Å². The molecule has 1 saturated heterocycles. The van der Waals surface area contributed by atoms with Gasteiger partial charge in [-0.3, -0.25) is 0 Å². The van der Waals surface area contributed by atoms with Gasteiger partial charge in [-0.25, -0.2) is 0 Å². The van der Waals surface area contributed by atoms with E-state index in [1.54, 1.807) is 0 Å². The molecule has 1 fully saturated rings. The summed E-state index contributed by atoms with van der Waals surface area (Å²) in [6, 6.07) is 0. The summed E-state index contributed by atoms with van der Waals surface area (Å²) in [5, 5.41) is 1.36. The molecule has 0 bridgehead atoms. The Morgan fingerprint density at radius 1 is 1.29 bits per heavy atom. The average molecular weight is 117 g/mol. The highest BCUT2D eigenvalue weighted by molar-refractivity contribution is 6.27. The summed E-state index contributed by atoms with van der Waals surface area (Å²) in [5.41, 5.74) is 0. The summed E-state index contributed by atoms with van der Waals surface area (Å²) in [4.78, 5) is 0. The summed E-state index contributed by atoms with van der Waals surface area (Å²) in [6.07, 6.45) is 2.71. The minimum Gasteiger partial charge on any atom is -0.507 e. The quantitative estimate of drug-likeness (QED) is 0.412. The van der Waals surface area contributed by atoms with Gasteiger partial charge in [-0.15, -0.1) is 0 Å². The molecule has 3 heteroatoms. The molecule has 0 aliphatic carbocycles. The normalized spacial score (nSPS) is 19.4. The number of hydrogen-bond donors (Lipinski definition) is 0. The van der Waals surface area contributed by atoms with Crippen LogP contribution in [0.4, 0.5) is 0 Å². The zero-order valence-electron chi connectivity index (χ0n) is 4.31. The zero-order valence-corrected chi connectivity index (χ0v) is 5.47. The van der Waals surface area contributed by atoms with Crippen molar-refractivity contribution in [1.82, 2.24) is 0 Å². The molecule has 0 aromatic carbocycles. The Hall–Kier alpha value is 0.452. The van der Waals surface area contributed by atoms with Gasteiger partial charge in [0.25, 0.3) is 0 Å². The maximum Gasteiger partial charge on any atom is 0.423 e. The molecular formula is C4H10AlO2. The Kier molecular flexibility index (Phi) is 4.91. The Morgan fingerprint density at radius 3 is 2.29 bits per heavy atom. The predicted molar refractivity (Wildman–Crippen MR) is 29.4 cm³/mol. The molecule has 0 amide bonds. The summed E-state index contributed by atoms with van der Waals surface area (Å²) >= 11 is 0.405. The highest BCUT2D eigenvalue weighted by Crippen LogP contribution is 2.01. The molecular weight excluding hydrogens is 107 g/mol. The van der Waals surface area contributed by atoms with Crippen LogP contribution in [0, 0.1) is 0 Å². The molecule has 1 heterocycles. The second-order valence-electron chi connectivity index (χ2n) is 1.53. The summed E-state index contributed by atoms with van der Waals surface area (Å²) < 4.78 is 5.15. The highest BCUT2D eigenvalue weighted by atomic mass is 27.1. The third kappa shape index (κ3) is 3.07. The minimum atomic E-state index is 0. The van der Waals surface area contributed by atoms with Gasteiger partial charge in [0.2, 0.25) is 0 Å². The zero-order chi connectivity index (χ0) is 4.24. The van der Waals surface area contributed by atoms with E-state index in [4.69, 9.17) is 3.79 Å². The van der Waals surface area contributed by atoms with Gasteiger partial charge in [0.05, 0.1) is 0 Å². The molecule has 0 unspecified atom stereocenters. The van der Waals surface area contributed by atoms with E-state index >= 15 is 0 Å². The van der Waals surface area contributed by atoms with Gasteiger partial charge < -0.3 is 9.26 Å². The first-order valence-electron chi connectivity index (χ1n) is 2.43. The summed E-state index contributed by atoms with van der Waals surface area (Å²) in [7, 11) is 0. The molecule has 2 N–H and O–H groups in total. The monoisotopic (exact) mass is 117 g/mol. The summed E-state index contributed by atoms with van der Waals surface area (Å²) in [6.45, 7) is 1.04. The van der Waals surface area contributed by atoms with Crippen LogP contribution in [0.15, 0.2) is 0 Å². The van der Waals surface area contributed by atoms with Crippen LogP contribution in [0.1, 0.15) is 12.8 Å². The Morgan fingerprint density at radius 2 is 2.14 bits per heavy atom. The van der Waals surface area contributed by atoms with Crippen LogP contribution in [-0.4, -0.2) is 27.6 Å². The van der Waals surface area contributed by atoms with Gasteiger partial charge in [0, 0.05) is 6.61 Å². The van der Waals surface area contributed by atoms with Crippen LogP contribution in [0.25, 0.3) is 0 Å². The molecule has 0 atom stereocenters. The van der Waals surface area contributed by atoms with Gasteiger partial charge in [-0.2, -0.15) is 0 Å². The van der Waals surface area contributed by atoms with Crippen LogP contribution in [0.3, 0.4) is 0 Å². The Balaban J connectivity index is 0.000000360. The Bertz CT molecular complexity index is 25.2. The van der Waals surface area contributed by atoms with Gasteiger partial charge in [-0.1, -0.05) is 11.7 Å². The van der Waals surface area contributed by atoms with Gasteiger partial charge in [0.15, 0.2) is 0 Å². The molecule has 0 spiro atoms. The molecule has 0 saturated carbocycles. The molecule has 2 nitrogen and oxygen atoms in total. The van der Waals surface area contributed by atoms with E-state index in [9.17, 15) is 0 Å². The van der Waals surface area contributed by atoms with E-state index in [0.29, 0.717) is 15.6 Å². The lowest BCUT2D eigenvalue weighted by atomic mass is 10.4. The summed E-state index contributed by atoms with van der Waals surface area (Å²) in [5.74, 6) is 0. The smallest absolute Gasteiger partial charge is 0.423 e. The van der Waals surface area contributed by atoms with Crippen LogP contribution in [0.5, 0.6) is 0 Å². The first-order valence-corrected chi connectivity index (χ1v) is 3.72. The molecule has 1 rings (SSSR count). The fraction of sp³-hybridized carbons (Fsp3) is 1.00. The minimum absolute atomic E-state index is 0. The van der Waals surface area contributed by atoms with Gasteiger partial charge in [0.1, 0.15) is 0 Å². The van der Waals surface area contributed by atoms with E-state index in [1.165, 1.54) is 18.1 Å². The van der Waals surface area contributed by atoms with E-state index in [2.05, 4.69) is 0 Å². The van der Waals surface area contributed by atoms with Crippen molar-refractivity contribution in [1.29, 1.82) is 0 Å². The van der Waals surface area contributed by atoms with Crippen molar-refractivity contribution in [2.24, 2.45) is 0 Å². The lowest BCUT2D eigenvalue weighted by Crippen LogP contribution is -2.06. The van der Waals surface area contributed by atoms with Crippen molar-refractivity contribution < 1.29 is 9.26 Å². The van der Waals surface area contributed by atoms with Crippen molar-refractivity contribution in [3.8, 4) is 0 Å². The van der Waals surface area contributed by atoms with Crippen molar-refractivity contribution >= 4 is 15.6 Å². The van der Waals surface area contributed by atoms with Gasteiger partial charge >= 0.3 is 15.6 Å². The molecule has 1 aliphatic heterocycles. The first-order chi connectivity index (χ1) is 3.00. The lowest BCUT2D eigenvalue weighted by molar-refractivity contribution is 0.304. The van der Waals surface area contributed by atoms with E-state index in [-0.39, 0.29) is 5.48 Å². The maximum atomic E-state index is 5.15. The topological polar surface area (TPSA) is 40.7 Å². The lowest BCUT2D eigenvalue weighted by Gasteiger charge is -2.07. The standard InChI is InChI=1S/C4H8O.Al.H2O/c1-2-3-4-5;;/h1-4H2;;1H2/q-1;+1;. The van der Waals surface area contributed by atoms with Crippen LogP contribution in [0.2, 0.25) is 5.28 Å². The fourth-order valence-electron chi connectivity index (χ4n) is 0.580. The van der Waals surface area contributed by atoms with Gasteiger partial charge in [-0.05, 0) is 6.42 Å². The first kappa shape index (κ1) is 7.45. The van der Waals surface area contributed by atoms with E-state index < -0.39 is 0 Å². The Labute approximate surface area is 50.2 Å². The predicted octanol–water partition coefficient (Wildman–Crippen LogP) is 0.00960. The largest absolute Gasteiger partial charge is 0.507 e. The third-order valence-electron chi connectivity index (χ3n) is 0.952. The SMILES string of the molecule is C1C[CH2][Al][O]C1.O. The molecule has 1 aliphatic rings. The number of hydrogen-bond acceptors (Lipinski definition) is 1. The van der Waals surface area contributed by atoms with Crippen LogP contribution in [-0.2, 0) is 3.79 Å². The molecule has 0 aromatic rings. The van der Waals surface area contributed by atoms with Crippen LogP contribution < -0.4 is 0 Å². The highest BCUT2D eigenvalue weighted by Gasteiger charge is 1.99. The average Bonchev–Trinajstić information content (AvgIpc) is 1.72. The molecule has 7 heavy (non-hydrogen) atoms. The second-order valence-corrected chi connectivity index (χ2v) is 2.78. The molecule has 0 aromatic heterocycles. The third-order valence-corrected chi connectivity index (χ3v) is 2.07.